The first kappa shape index (κ1) is 11.9. The molecule has 0 aromatic heterocycles. The zero-order chi connectivity index (χ0) is 10.6. The predicted octanol–water partition coefficient (Wildman–Crippen LogP) is 1.54. The molecule has 0 radical (unpaired) electrons. The maximum absolute atomic E-state index is 10.7. The first-order chi connectivity index (χ1) is 5.81. The predicted molar refractivity (Wildman–Crippen MR) is 47.1 cm³/mol. The van der Waals surface area contributed by atoms with Crippen LogP contribution in [-0.4, -0.2) is 22.0 Å². The van der Waals surface area contributed by atoms with Gasteiger partial charge in [0.25, 0.3) is 0 Å². The molecule has 0 saturated heterocycles. The first-order valence-corrected chi connectivity index (χ1v) is 4.18. The van der Waals surface area contributed by atoms with Gasteiger partial charge in [0.15, 0.2) is 0 Å². The number of carboxylic acids is 1. The van der Waals surface area contributed by atoms with Crippen molar-refractivity contribution in [1.82, 2.24) is 0 Å². The fourth-order valence-corrected chi connectivity index (χ4v) is 1.04. The van der Waals surface area contributed by atoms with Crippen molar-refractivity contribution in [3.05, 3.63) is 10.1 Å². The number of carboxylic acid groups (broad SMARTS) is 1. The molecule has 0 aromatic rings. The Morgan fingerprint density at radius 1 is 1.62 bits per heavy atom. The van der Waals surface area contributed by atoms with E-state index in [1.165, 1.54) is 13.8 Å². The monoisotopic (exact) mass is 189 g/mol. The molecular weight excluding hydrogens is 174 g/mol. The lowest BCUT2D eigenvalue weighted by molar-refractivity contribution is -0.525. The Labute approximate surface area is 76.9 Å². The molecule has 0 fully saturated rings. The average Bonchev–Trinajstić information content (AvgIpc) is 1.99. The number of aliphatic carboxylic acids is 1. The SMILES string of the molecule is CCC(CC(C)(C)C(=O)O)[N+](=O)[O-]. The molecule has 0 saturated carbocycles. The highest BCUT2D eigenvalue weighted by Crippen LogP contribution is 2.24. The van der Waals surface area contributed by atoms with Gasteiger partial charge in [-0.05, 0) is 13.8 Å². The van der Waals surface area contributed by atoms with E-state index in [1.807, 2.05) is 0 Å². The van der Waals surface area contributed by atoms with Crippen molar-refractivity contribution in [1.29, 1.82) is 0 Å². The molecule has 0 aliphatic carbocycles. The van der Waals surface area contributed by atoms with Gasteiger partial charge >= 0.3 is 5.97 Å². The molecule has 0 aromatic carbocycles. The van der Waals surface area contributed by atoms with Crippen molar-refractivity contribution >= 4 is 5.97 Å². The molecule has 0 aliphatic heterocycles. The molecular formula is C8H15NO4. The highest BCUT2D eigenvalue weighted by atomic mass is 16.6. The van der Waals surface area contributed by atoms with E-state index >= 15 is 0 Å². The van der Waals surface area contributed by atoms with Crippen LogP contribution >= 0.6 is 0 Å². The standard InChI is InChI=1S/C8H15NO4/c1-4-6(9(12)13)5-8(2,3)7(10)11/h6H,4-5H2,1-3H3,(H,10,11). The van der Waals surface area contributed by atoms with Crippen molar-refractivity contribution in [2.24, 2.45) is 5.41 Å². The van der Waals surface area contributed by atoms with E-state index < -0.39 is 22.3 Å². The van der Waals surface area contributed by atoms with Gasteiger partial charge in [-0.3, -0.25) is 14.9 Å². The highest BCUT2D eigenvalue weighted by molar-refractivity contribution is 5.73. The lowest BCUT2D eigenvalue weighted by Crippen LogP contribution is -2.32. The molecule has 0 aliphatic rings. The van der Waals surface area contributed by atoms with Gasteiger partial charge in [0.2, 0.25) is 6.04 Å². The van der Waals surface area contributed by atoms with Crippen LogP contribution in [0.15, 0.2) is 0 Å². The van der Waals surface area contributed by atoms with Crippen molar-refractivity contribution in [3.8, 4) is 0 Å². The maximum Gasteiger partial charge on any atom is 0.309 e. The summed E-state index contributed by atoms with van der Waals surface area (Å²) in [6.45, 7) is 4.69. The quantitative estimate of drug-likeness (QED) is 0.525. The van der Waals surface area contributed by atoms with E-state index in [4.69, 9.17) is 5.11 Å². The summed E-state index contributed by atoms with van der Waals surface area (Å²) >= 11 is 0. The van der Waals surface area contributed by atoms with E-state index in [2.05, 4.69) is 0 Å². The molecule has 1 atom stereocenters. The Balaban J connectivity index is 4.39. The number of hydrogen-bond acceptors (Lipinski definition) is 3. The Morgan fingerprint density at radius 3 is 2.31 bits per heavy atom. The fourth-order valence-electron chi connectivity index (χ4n) is 1.04. The molecule has 0 rings (SSSR count). The lowest BCUT2D eigenvalue weighted by atomic mass is 9.85. The summed E-state index contributed by atoms with van der Waals surface area (Å²) in [5, 5.41) is 19.2. The topological polar surface area (TPSA) is 80.4 Å². The van der Waals surface area contributed by atoms with Gasteiger partial charge in [0.1, 0.15) is 0 Å². The zero-order valence-electron chi connectivity index (χ0n) is 8.11. The minimum Gasteiger partial charge on any atom is -0.481 e. The summed E-state index contributed by atoms with van der Waals surface area (Å²) < 4.78 is 0. The molecule has 1 unspecified atom stereocenters. The zero-order valence-corrected chi connectivity index (χ0v) is 8.11. The maximum atomic E-state index is 10.7. The third-order valence-electron chi connectivity index (χ3n) is 2.09. The van der Waals surface area contributed by atoms with Crippen LogP contribution in [0.3, 0.4) is 0 Å². The second kappa shape index (κ2) is 4.20. The molecule has 0 bridgehead atoms. The summed E-state index contributed by atoms with van der Waals surface area (Å²) in [7, 11) is 0. The van der Waals surface area contributed by atoms with Gasteiger partial charge in [-0.15, -0.1) is 0 Å². The lowest BCUT2D eigenvalue weighted by Gasteiger charge is -2.20. The van der Waals surface area contributed by atoms with Crippen molar-refractivity contribution in [3.63, 3.8) is 0 Å². The van der Waals surface area contributed by atoms with Crippen LogP contribution in [0.2, 0.25) is 0 Å². The van der Waals surface area contributed by atoms with Crippen LogP contribution < -0.4 is 0 Å². The Morgan fingerprint density at radius 2 is 2.08 bits per heavy atom. The van der Waals surface area contributed by atoms with Gasteiger partial charge in [-0.1, -0.05) is 6.92 Å². The molecule has 1 N–H and O–H groups in total. The molecule has 0 heterocycles. The highest BCUT2D eigenvalue weighted by Gasteiger charge is 2.34. The molecule has 5 heteroatoms. The number of nitrogens with zero attached hydrogens (tertiary/aromatic N) is 1. The fraction of sp³-hybridized carbons (Fsp3) is 0.875. The van der Waals surface area contributed by atoms with Gasteiger partial charge in [0.05, 0.1) is 5.41 Å². The van der Waals surface area contributed by atoms with Gasteiger partial charge < -0.3 is 5.11 Å². The third-order valence-corrected chi connectivity index (χ3v) is 2.09. The van der Waals surface area contributed by atoms with E-state index in [-0.39, 0.29) is 6.42 Å². The van der Waals surface area contributed by atoms with Crippen LogP contribution in [0.25, 0.3) is 0 Å². The van der Waals surface area contributed by atoms with E-state index in [0.29, 0.717) is 6.42 Å². The Kier molecular flexibility index (Phi) is 3.84. The number of nitro groups is 1. The molecule has 76 valence electrons. The molecule has 13 heavy (non-hydrogen) atoms. The first-order valence-electron chi connectivity index (χ1n) is 4.18. The Bertz CT molecular complexity index is 212. The van der Waals surface area contributed by atoms with E-state index in [9.17, 15) is 14.9 Å². The van der Waals surface area contributed by atoms with E-state index in [0.717, 1.165) is 0 Å². The second-order valence-corrected chi connectivity index (χ2v) is 3.74. The number of carbonyl (C=O) groups is 1. The average molecular weight is 189 g/mol. The normalized spacial score (nSPS) is 13.8. The van der Waals surface area contributed by atoms with Crippen LogP contribution in [0, 0.1) is 15.5 Å². The summed E-state index contributed by atoms with van der Waals surface area (Å²) in [6.07, 6.45) is 0.440. The van der Waals surface area contributed by atoms with Crippen LogP contribution in [0.1, 0.15) is 33.6 Å². The summed E-state index contributed by atoms with van der Waals surface area (Å²) in [4.78, 5) is 20.7. The summed E-state index contributed by atoms with van der Waals surface area (Å²) in [5.74, 6) is -0.993. The van der Waals surface area contributed by atoms with E-state index in [1.54, 1.807) is 6.92 Å². The van der Waals surface area contributed by atoms with Crippen molar-refractivity contribution in [2.75, 3.05) is 0 Å². The molecule has 5 nitrogen and oxygen atoms in total. The number of rotatable bonds is 5. The van der Waals surface area contributed by atoms with Crippen LogP contribution in [-0.2, 0) is 4.79 Å². The summed E-state index contributed by atoms with van der Waals surface area (Å²) in [6, 6.07) is -0.758. The van der Waals surface area contributed by atoms with Crippen molar-refractivity contribution < 1.29 is 14.8 Å². The Hall–Kier alpha value is -1.13. The minimum absolute atomic E-state index is 0.0752. The van der Waals surface area contributed by atoms with Gasteiger partial charge in [-0.25, -0.2) is 0 Å². The van der Waals surface area contributed by atoms with Gasteiger partial charge in [0, 0.05) is 17.8 Å². The van der Waals surface area contributed by atoms with Crippen LogP contribution in [0.5, 0.6) is 0 Å². The van der Waals surface area contributed by atoms with Crippen LogP contribution in [0.4, 0.5) is 0 Å². The largest absolute Gasteiger partial charge is 0.481 e. The second-order valence-electron chi connectivity index (χ2n) is 3.74. The summed E-state index contributed by atoms with van der Waals surface area (Å²) in [5.41, 5.74) is -1.02. The third kappa shape index (κ3) is 3.40. The number of hydrogen-bond donors (Lipinski definition) is 1. The molecule has 0 amide bonds. The minimum atomic E-state index is -1.02. The smallest absolute Gasteiger partial charge is 0.309 e. The van der Waals surface area contributed by atoms with Crippen molar-refractivity contribution in [2.45, 2.75) is 39.7 Å². The molecule has 0 spiro atoms. The van der Waals surface area contributed by atoms with Gasteiger partial charge in [-0.2, -0.15) is 0 Å².